The van der Waals surface area contributed by atoms with Crippen molar-refractivity contribution in [3.8, 4) is 0 Å². The highest BCUT2D eigenvalue weighted by molar-refractivity contribution is 5.94. The Morgan fingerprint density at radius 2 is 2.15 bits per heavy atom. The predicted molar refractivity (Wildman–Crippen MR) is 44.3 cm³/mol. The maximum Gasteiger partial charge on any atom is 0.316 e. The first-order chi connectivity index (χ1) is 5.97. The molecule has 0 aromatic rings. The van der Waals surface area contributed by atoms with Gasteiger partial charge in [0.25, 0.3) is 0 Å². The Morgan fingerprint density at radius 3 is 2.23 bits per heavy atom. The van der Waals surface area contributed by atoms with E-state index in [4.69, 9.17) is 0 Å². The first kappa shape index (κ1) is 11.4. The SMILES string of the molecule is C=CC(N)=O.CC1CC(=O)OC1=O. The lowest BCUT2D eigenvalue weighted by molar-refractivity contribution is -0.152. The molecule has 1 saturated heterocycles. The summed E-state index contributed by atoms with van der Waals surface area (Å²) in [6.07, 6.45) is 1.30. The van der Waals surface area contributed by atoms with E-state index in [1.54, 1.807) is 6.92 Å². The summed E-state index contributed by atoms with van der Waals surface area (Å²) in [6, 6.07) is 0. The van der Waals surface area contributed by atoms with Gasteiger partial charge >= 0.3 is 11.9 Å². The molecule has 0 saturated carbocycles. The lowest BCUT2D eigenvalue weighted by Gasteiger charge is -1.86. The smallest absolute Gasteiger partial charge is 0.316 e. The zero-order chi connectivity index (χ0) is 10.4. The Balaban J connectivity index is 0.000000252. The van der Waals surface area contributed by atoms with Crippen LogP contribution in [0.25, 0.3) is 0 Å². The fourth-order valence-corrected chi connectivity index (χ4v) is 0.588. The van der Waals surface area contributed by atoms with Crippen molar-refractivity contribution < 1.29 is 19.1 Å². The number of primary amides is 1. The molecule has 5 heteroatoms. The summed E-state index contributed by atoms with van der Waals surface area (Å²) < 4.78 is 4.20. The normalized spacial score (nSPS) is 19.9. The number of hydrogen-bond acceptors (Lipinski definition) is 4. The van der Waals surface area contributed by atoms with Crippen LogP contribution in [0.15, 0.2) is 12.7 Å². The molecule has 1 atom stereocenters. The van der Waals surface area contributed by atoms with Crippen LogP contribution in [0.1, 0.15) is 13.3 Å². The average Bonchev–Trinajstić information content (AvgIpc) is 2.31. The van der Waals surface area contributed by atoms with Crippen LogP contribution in [0.2, 0.25) is 0 Å². The quantitative estimate of drug-likeness (QED) is 0.347. The molecule has 5 nitrogen and oxygen atoms in total. The van der Waals surface area contributed by atoms with Gasteiger partial charge in [-0.1, -0.05) is 13.5 Å². The lowest BCUT2D eigenvalue weighted by atomic mass is 10.1. The third kappa shape index (κ3) is 4.73. The van der Waals surface area contributed by atoms with Crippen molar-refractivity contribution in [3.63, 3.8) is 0 Å². The first-order valence-corrected chi connectivity index (χ1v) is 3.63. The summed E-state index contributed by atoms with van der Waals surface area (Å²) >= 11 is 0. The molecule has 1 rings (SSSR count). The van der Waals surface area contributed by atoms with Gasteiger partial charge in [0, 0.05) is 0 Å². The van der Waals surface area contributed by atoms with E-state index in [0.717, 1.165) is 6.08 Å². The zero-order valence-corrected chi connectivity index (χ0v) is 7.28. The minimum atomic E-state index is -0.481. The van der Waals surface area contributed by atoms with Crippen molar-refractivity contribution in [1.82, 2.24) is 0 Å². The second kappa shape index (κ2) is 5.08. The minimum Gasteiger partial charge on any atom is -0.393 e. The van der Waals surface area contributed by atoms with Gasteiger partial charge in [-0.3, -0.25) is 14.4 Å². The van der Waals surface area contributed by atoms with Gasteiger partial charge in [-0.05, 0) is 6.08 Å². The van der Waals surface area contributed by atoms with E-state index in [-0.39, 0.29) is 12.3 Å². The highest BCUT2D eigenvalue weighted by Crippen LogP contribution is 2.13. The number of carbonyl (C=O) groups is 3. The van der Waals surface area contributed by atoms with E-state index in [2.05, 4.69) is 17.0 Å². The van der Waals surface area contributed by atoms with Crippen LogP contribution in [0.5, 0.6) is 0 Å². The first-order valence-electron chi connectivity index (χ1n) is 3.63. The van der Waals surface area contributed by atoms with Crippen LogP contribution in [0.4, 0.5) is 0 Å². The molecular formula is C8H11NO4. The predicted octanol–water partition coefficient (Wildman–Crippen LogP) is -0.246. The van der Waals surface area contributed by atoms with Gasteiger partial charge in [-0.15, -0.1) is 0 Å². The molecule has 13 heavy (non-hydrogen) atoms. The lowest BCUT2D eigenvalue weighted by Crippen LogP contribution is -2.04. The van der Waals surface area contributed by atoms with Crippen LogP contribution < -0.4 is 5.73 Å². The van der Waals surface area contributed by atoms with E-state index in [9.17, 15) is 14.4 Å². The number of amides is 1. The molecular weight excluding hydrogens is 174 g/mol. The molecule has 1 heterocycles. The number of cyclic esters (lactones) is 2. The average molecular weight is 185 g/mol. The molecule has 1 aliphatic rings. The van der Waals surface area contributed by atoms with Gasteiger partial charge in [0.2, 0.25) is 5.91 Å². The Bertz CT molecular complexity index is 247. The van der Waals surface area contributed by atoms with Crippen molar-refractivity contribution in [2.75, 3.05) is 0 Å². The fraction of sp³-hybridized carbons (Fsp3) is 0.375. The molecule has 0 aromatic heterocycles. The number of esters is 2. The molecule has 1 unspecified atom stereocenters. The van der Waals surface area contributed by atoms with Crippen LogP contribution in [0, 0.1) is 5.92 Å². The monoisotopic (exact) mass is 185 g/mol. The number of rotatable bonds is 1. The molecule has 0 aliphatic carbocycles. The summed E-state index contributed by atoms with van der Waals surface area (Å²) in [5.41, 5.74) is 4.53. The molecule has 0 aromatic carbocycles. The number of hydrogen-bond donors (Lipinski definition) is 1. The highest BCUT2D eigenvalue weighted by Gasteiger charge is 2.28. The van der Waals surface area contributed by atoms with E-state index < -0.39 is 17.8 Å². The fourth-order valence-electron chi connectivity index (χ4n) is 0.588. The molecule has 1 aliphatic heterocycles. The van der Waals surface area contributed by atoms with Gasteiger partial charge < -0.3 is 10.5 Å². The molecule has 72 valence electrons. The summed E-state index contributed by atoms with van der Waals surface area (Å²) in [5.74, 6) is -1.50. The third-order valence-corrected chi connectivity index (χ3v) is 1.29. The van der Waals surface area contributed by atoms with Crippen molar-refractivity contribution in [2.45, 2.75) is 13.3 Å². The third-order valence-electron chi connectivity index (χ3n) is 1.29. The highest BCUT2D eigenvalue weighted by atomic mass is 16.6. The Kier molecular flexibility index (Phi) is 4.43. The van der Waals surface area contributed by atoms with Gasteiger partial charge in [-0.25, -0.2) is 0 Å². The van der Waals surface area contributed by atoms with Crippen LogP contribution in [-0.2, 0) is 19.1 Å². The molecule has 1 fully saturated rings. The van der Waals surface area contributed by atoms with Crippen LogP contribution in [0.3, 0.4) is 0 Å². The molecule has 1 amide bonds. The van der Waals surface area contributed by atoms with Gasteiger partial charge in [-0.2, -0.15) is 0 Å². The van der Waals surface area contributed by atoms with E-state index in [1.807, 2.05) is 0 Å². The van der Waals surface area contributed by atoms with Crippen molar-refractivity contribution >= 4 is 17.8 Å². The number of carbonyl (C=O) groups excluding carboxylic acids is 3. The molecule has 0 bridgehead atoms. The van der Waals surface area contributed by atoms with Gasteiger partial charge in [0.1, 0.15) is 0 Å². The number of ether oxygens (including phenoxy) is 1. The molecule has 0 spiro atoms. The molecule has 2 N–H and O–H groups in total. The zero-order valence-electron chi connectivity index (χ0n) is 7.28. The summed E-state index contributed by atoms with van der Waals surface area (Å²) in [6.45, 7) is 4.76. The number of nitrogens with two attached hydrogens (primary N) is 1. The Morgan fingerprint density at radius 1 is 1.69 bits per heavy atom. The summed E-state index contributed by atoms with van der Waals surface area (Å²) in [5, 5.41) is 0. The minimum absolute atomic E-state index is 0.220. The summed E-state index contributed by atoms with van der Waals surface area (Å²) in [4.78, 5) is 30.0. The van der Waals surface area contributed by atoms with Crippen LogP contribution >= 0.6 is 0 Å². The van der Waals surface area contributed by atoms with E-state index in [0.29, 0.717) is 0 Å². The maximum absolute atomic E-state index is 10.3. The second-order valence-corrected chi connectivity index (χ2v) is 2.50. The Hall–Kier alpha value is -1.65. The van der Waals surface area contributed by atoms with Crippen molar-refractivity contribution in [2.24, 2.45) is 11.7 Å². The van der Waals surface area contributed by atoms with E-state index in [1.165, 1.54) is 0 Å². The van der Waals surface area contributed by atoms with E-state index >= 15 is 0 Å². The maximum atomic E-state index is 10.3. The second-order valence-electron chi connectivity index (χ2n) is 2.50. The topological polar surface area (TPSA) is 86.5 Å². The van der Waals surface area contributed by atoms with Gasteiger partial charge in [0.15, 0.2) is 0 Å². The van der Waals surface area contributed by atoms with Crippen molar-refractivity contribution in [3.05, 3.63) is 12.7 Å². The molecule has 0 radical (unpaired) electrons. The van der Waals surface area contributed by atoms with Crippen LogP contribution in [-0.4, -0.2) is 17.8 Å². The van der Waals surface area contributed by atoms with Gasteiger partial charge in [0.05, 0.1) is 12.3 Å². The standard InChI is InChI=1S/C5H6O3.C3H5NO/c1-3-2-4(6)8-5(3)7;1-2-3(4)5/h3H,2H2,1H3;2H,1H2,(H2,4,5). The Labute approximate surface area is 75.5 Å². The summed E-state index contributed by atoms with van der Waals surface area (Å²) in [7, 11) is 0. The van der Waals surface area contributed by atoms with Crippen molar-refractivity contribution in [1.29, 1.82) is 0 Å². The largest absolute Gasteiger partial charge is 0.393 e.